The highest BCUT2D eigenvalue weighted by atomic mass is 35.5. The number of amides is 1. The number of halogens is 2. The maximum atomic E-state index is 12.6. The van der Waals surface area contributed by atoms with Crippen molar-refractivity contribution in [3.05, 3.63) is 51.4 Å². The minimum Gasteiger partial charge on any atom is -0.478 e. The minimum atomic E-state index is -0.594. The molecular weight excluding hydrogens is 369 g/mol. The summed E-state index contributed by atoms with van der Waals surface area (Å²) in [4.78, 5) is 20.7. The van der Waals surface area contributed by atoms with Gasteiger partial charge in [0.2, 0.25) is 0 Å². The standard InChI is InChI=1S/C16H13Cl2N3O4/c1-3-8-4-9-10(5-19-16(24-2)14(9)25-8)15(22)20-13-11(17)6-21(23)7-12(13)18/h4-7,23H,3H2,1-2H3. The molecule has 3 aromatic heterocycles. The van der Waals surface area contributed by atoms with E-state index in [4.69, 9.17) is 32.4 Å². The summed E-state index contributed by atoms with van der Waals surface area (Å²) < 4.78 is 11.5. The Morgan fingerprint density at radius 1 is 1.40 bits per heavy atom. The maximum Gasteiger partial charge on any atom is 0.279 e. The molecule has 3 rings (SSSR count). The van der Waals surface area contributed by atoms with Crippen LogP contribution in [0.3, 0.4) is 0 Å². The van der Waals surface area contributed by atoms with Crippen molar-refractivity contribution in [1.82, 2.24) is 9.71 Å². The predicted octanol–water partition coefficient (Wildman–Crippen LogP) is 3.49. The summed E-state index contributed by atoms with van der Waals surface area (Å²) >= 11 is 12.0. The molecule has 0 spiro atoms. The molecule has 0 atom stereocenters. The van der Waals surface area contributed by atoms with Crippen LogP contribution < -0.4 is 10.1 Å². The van der Waals surface area contributed by atoms with E-state index < -0.39 is 5.91 Å². The van der Waals surface area contributed by atoms with Crippen LogP contribution in [-0.2, 0) is 6.42 Å². The smallest absolute Gasteiger partial charge is 0.279 e. The van der Waals surface area contributed by atoms with Gasteiger partial charge in [0, 0.05) is 18.0 Å². The van der Waals surface area contributed by atoms with Crippen LogP contribution >= 0.6 is 23.2 Å². The lowest BCUT2D eigenvalue weighted by atomic mass is 10.1. The summed E-state index contributed by atoms with van der Waals surface area (Å²) in [6, 6.07) is 1.75. The molecule has 7 nitrogen and oxygen atoms in total. The molecular formula is C16H13Cl2N3O4. The van der Waals surface area contributed by atoms with E-state index in [1.807, 2.05) is 6.92 Å². The number of hydrogen-bond acceptors (Lipinski definition) is 5. The molecule has 0 aromatic carbocycles. The van der Waals surface area contributed by atoms with Crippen LogP contribution in [0.5, 0.6) is 5.88 Å². The topological polar surface area (TPSA) is 89.9 Å². The van der Waals surface area contributed by atoms with Crippen molar-refractivity contribution in [1.29, 1.82) is 0 Å². The van der Waals surface area contributed by atoms with E-state index in [1.54, 1.807) is 6.07 Å². The molecule has 130 valence electrons. The summed E-state index contributed by atoms with van der Waals surface area (Å²) in [6.07, 6.45) is 4.36. The Kier molecular flexibility index (Phi) is 4.69. The summed E-state index contributed by atoms with van der Waals surface area (Å²) in [5.41, 5.74) is 0.603. The van der Waals surface area contributed by atoms with Crippen molar-refractivity contribution >= 4 is 40.1 Å². The molecule has 0 fully saturated rings. The molecule has 0 saturated carbocycles. The average Bonchev–Trinajstić information content (AvgIpc) is 3.01. The van der Waals surface area contributed by atoms with Crippen LogP contribution in [0.15, 0.2) is 34.1 Å². The van der Waals surface area contributed by atoms with Gasteiger partial charge in [0.15, 0.2) is 5.58 Å². The quantitative estimate of drug-likeness (QED) is 0.701. The lowest BCUT2D eigenvalue weighted by molar-refractivity contribution is 0.0999. The van der Waals surface area contributed by atoms with Gasteiger partial charge >= 0.3 is 0 Å². The minimum absolute atomic E-state index is 0.0301. The van der Waals surface area contributed by atoms with Gasteiger partial charge in [-0.15, -0.1) is 0 Å². The van der Waals surface area contributed by atoms with E-state index in [1.165, 1.54) is 25.7 Å². The Labute approximate surface area is 152 Å². The molecule has 25 heavy (non-hydrogen) atoms. The number of fused-ring (bicyclic) bond motifs is 1. The van der Waals surface area contributed by atoms with Crippen LogP contribution in [0.1, 0.15) is 23.0 Å². The highest BCUT2D eigenvalue weighted by Gasteiger charge is 2.18. The van der Waals surface area contributed by atoms with E-state index in [2.05, 4.69) is 9.98 Å². The van der Waals surface area contributed by atoms with Gasteiger partial charge in [-0.3, -0.25) is 4.79 Å². The molecule has 3 heterocycles. The van der Waals surface area contributed by atoms with Crippen LogP contribution in [0.4, 0.5) is 0 Å². The van der Waals surface area contributed by atoms with E-state index in [9.17, 15) is 10.0 Å². The van der Waals surface area contributed by atoms with Crippen molar-refractivity contribution in [3.8, 4) is 5.88 Å². The third-order valence-corrected chi connectivity index (χ3v) is 4.06. The molecule has 0 aliphatic heterocycles. The summed E-state index contributed by atoms with van der Waals surface area (Å²) in [6.45, 7) is 1.93. The summed E-state index contributed by atoms with van der Waals surface area (Å²) in [5.74, 6) is 0.374. The zero-order chi connectivity index (χ0) is 18.1. The highest BCUT2D eigenvalue weighted by molar-refractivity contribution is 6.34. The Balaban J connectivity index is 2.19. The fourth-order valence-corrected chi connectivity index (χ4v) is 2.85. The largest absolute Gasteiger partial charge is 0.478 e. The number of rotatable bonds is 3. The third-order valence-electron chi connectivity index (χ3n) is 3.51. The predicted molar refractivity (Wildman–Crippen MR) is 91.5 cm³/mol. The van der Waals surface area contributed by atoms with Crippen LogP contribution in [0, 0.1) is 0 Å². The highest BCUT2D eigenvalue weighted by Crippen LogP contribution is 2.30. The zero-order valence-electron chi connectivity index (χ0n) is 13.3. The molecule has 0 unspecified atom stereocenters. The molecule has 0 radical (unpaired) electrons. The second-order valence-corrected chi connectivity index (χ2v) is 5.90. The van der Waals surface area contributed by atoms with E-state index in [-0.39, 0.29) is 26.8 Å². The van der Waals surface area contributed by atoms with Gasteiger partial charge in [0.05, 0.1) is 35.1 Å². The van der Waals surface area contributed by atoms with E-state index in [0.29, 0.717) is 27.9 Å². The number of furan rings is 1. The van der Waals surface area contributed by atoms with Crippen LogP contribution in [-0.4, -0.2) is 27.9 Å². The van der Waals surface area contributed by atoms with Gasteiger partial charge in [0.25, 0.3) is 11.8 Å². The molecule has 1 N–H and O–H groups in total. The molecule has 1 amide bonds. The fourth-order valence-electron chi connectivity index (χ4n) is 2.32. The van der Waals surface area contributed by atoms with Gasteiger partial charge in [-0.25, -0.2) is 9.98 Å². The molecule has 0 aliphatic carbocycles. The van der Waals surface area contributed by atoms with Gasteiger partial charge in [0.1, 0.15) is 11.1 Å². The number of aromatic nitrogens is 2. The third kappa shape index (κ3) is 3.20. The van der Waals surface area contributed by atoms with Gasteiger partial charge < -0.3 is 14.4 Å². The molecule has 9 heteroatoms. The number of ether oxygens (including phenoxy) is 1. The first-order valence-corrected chi connectivity index (χ1v) is 8.01. The molecule has 0 bridgehead atoms. The number of carbonyl (C=O) groups is 1. The normalized spacial score (nSPS) is 10.9. The maximum absolute atomic E-state index is 12.6. The molecule has 0 saturated heterocycles. The lowest BCUT2D eigenvalue weighted by Gasteiger charge is -2.03. The summed E-state index contributed by atoms with van der Waals surface area (Å²) in [5, 5.41) is 10.0. The van der Waals surface area contributed by atoms with E-state index in [0.717, 1.165) is 0 Å². The fraction of sp³-hybridized carbons (Fsp3) is 0.188. The number of carbonyl (C=O) groups excluding carboxylic acids is 1. The molecule has 0 aliphatic rings. The van der Waals surface area contributed by atoms with Crippen molar-refractivity contribution in [2.75, 3.05) is 7.11 Å². The van der Waals surface area contributed by atoms with Crippen LogP contribution in [0.25, 0.3) is 11.0 Å². The number of nitrogens with zero attached hydrogens (tertiary/aromatic N) is 3. The van der Waals surface area contributed by atoms with Crippen LogP contribution in [0.2, 0.25) is 10.0 Å². The number of aryl methyl sites for hydroxylation is 1. The average molecular weight is 382 g/mol. The molecule has 3 aromatic rings. The Bertz CT molecular complexity index is 1010. The monoisotopic (exact) mass is 381 g/mol. The van der Waals surface area contributed by atoms with E-state index >= 15 is 0 Å². The van der Waals surface area contributed by atoms with Crippen molar-refractivity contribution in [2.45, 2.75) is 13.3 Å². The first-order chi connectivity index (χ1) is 11.9. The van der Waals surface area contributed by atoms with Crippen molar-refractivity contribution < 1.29 is 19.2 Å². The van der Waals surface area contributed by atoms with Crippen molar-refractivity contribution in [2.24, 2.45) is 4.99 Å². The zero-order valence-corrected chi connectivity index (χ0v) is 14.8. The van der Waals surface area contributed by atoms with Gasteiger partial charge in [-0.2, -0.15) is 4.73 Å². The Morgan fingerprint density at radius 2 is 2.08 bits per heavy atom. The van der Waals surface area contributed by atoms with Crippen molar-refractivity contribution in [3.63, 3.8) is 0 Å². The number of pyridine rings is 2. The second kappa shape index (κ2) is 6.78. The second-order valence-electron chi connectivity index (χ2n) is 5.09. The van der Waals surface area contributed by atoms with Gasteiger partial charge in [-0.05, 0) is 6.07 Å². The first-order valence-electron chi connectivity index (χ1n) is 7.25. The van der Waals surface area contributed by atoms with Gasteiger partial charge in [-0.1, -0.05) is 30.1 Å². The Hall–Kier alpha value is -2.51. The first kappa shape index (κ1) is 17.3. The SMILES string of the molecule is CCc1cc2c(C(=O)N=c3c(Cl)cn(O)cc3Cl)cnc(OC)c2o1. The summed E-state index contributed by atoms with van der Waals surface area (Å²) in [7, 11) is 1.47. The lowest BCUT2D eigenvalue weighted by Crippen LogP contribution is -2.13. The number of methoxy groups -OCH3 is 1. The Morgan fingerprint density at radius 3 is 2.68 bits per heavy atom. The number of hydrogen-bond donors (Lipinski definition) is 1.